The highest BCUT2D eigenvalue weighted by molar-refractivity contribution is 5.36. The summed E-state index contributed by atoms with van der Waals surface area (Å²) in [4.78, 5) is 11.1. The van der Waals surface area contributed by atoms with Gasteiger partial charge in [0.1, 0.15) is 5.82 Å². The highest BCUT2D eigenvalue weighted by Crippen LogP contribution is 2.14. The van der Waals surface area contributed by atoms with Crippen LogP contribution in [0.1, 0.15) is 39.8 Å². The molecular formula is C12H21N3. The third kappa shape index (κ3) is 2.91. The van der Waals surface area contributed by atoms with Gasteiger partial charge in [-0.05, 0) is 26.7 Å². The molecule has 84 valence electrons. The van der Waals surface area contributed by atoms with Crippen molar-refractivity contribution in [2.45, 2.75) is 46.6 Å². The van der Waals surface area contributed by atoms with Gasteiger partial charge in [-0.1, -0.05) is 13.8 Å². The number of nitrogens with zero attached hydrogens (tertiary/aromatic N) is 3. The van der Waals surface area contributed by atoms with Gasteiger partial charge in [0.25, 0.3) is 0 Å². The van der Waals surface area contributed by atoms with E-state index in [1.54, 1.807) is 0 Å². The molecule has 0 spiro atoms. The van der Waals surface area contributed by atoms with Crippen LogP contribution in [0.4, 0.5) is 5.82 Å². The molecule has 0 amide bonds. The zero-order valence-electron chi connectivity index (χ0n) is 10.2. The summed E-state index contributed by atoms with van der Waals surface area (Å²) in [6, 6.07) is 0.525. The van der Waals surface area contributed by atoms with E-state index in [-0.39, 0.29) is 0 Å². The summed E-state index contributed by atoms with van der Waals surface area (Å²) in [5.74, 6) is 0.990. The molecule has 0 aromatic carbocycles. The minimum absolute atomic E-state index is 0.525. The van der Waals surface area contributed by atoms with Gasteiger partial charge in [0.05, 0.1) is 18.1 Å². The molecule has 3 nitrogen and oxygen atoms in total. The lowest BCUT2D eigenvalue weighted by molar-refractivity contribution is 0.621. The molecule has 1 unspecified atom stereocenters. The quantitative estimate of drug-likeness (QED) is 0.743. The van der Waals surface area contributed by atoms with Gasteiger partial charge in [-0.2, -0.15) is 0 Å². The van der Waals surface area contributed by atoms with E-state index in [4.69, 9.17) is 0 Å². The van der Waals surface area contributed by atoms with Gasteiger partial charge in [-0.25, -0.2) is 4.98 Å². The Hall–Kier alpha value is -1.12. The van der Waals surface area contributed by atoms with E-state index >= 15 is 0 Å². The first-order chi connectivity index (χ1) is 7.22. The second-order valence-electron chi connectivity index (χ2n) is 3.76. The van der Waals surface area contributed by atoms with Crippen molar-refractivity contribution in [1.82, 2.24) is 9.97 Å². The molecule has 0 aliphatic carbocycles. The fourth-order valence-corrected chi connectivity index (χ4v) is 1.60. The van der Waals surface area contributed by atoms with E-state index in [1.807, 2.05) is 12.4 Å². The summed E-state index contributed by atoms with van der Waals surface area (Å²) >= 11 is 0. The third-order valence-electron chi connectivity index (χ3n) is 2.81. The normalized spacial score (nSPS) is 12.5. The molecule has 0 N–H and O–H groups in total. The van der Waals surface area contributed by atoms with Crippen LogP contribution in [0, 0.1) is 0 Å². The number of aromatic nitrogens is 2. The zero-order chi connectivity index (χ0) is 11.3. The molecule has 0 saturated heterocycles. The molecule has 0 saturated carbocycles. The topological polar surface area (TPSA) is 29.0 Å². The SMILES string of the molecule is CCc1cnc(N(CC)C(C)CC)cn1. The van der Waals surface area contributed by atoms with Gasteiger partial charge in [0.2, 0.25) is 0 Å². The van der Waals surface area contributed by atoms with Crippen molar-refractivity contribution in [3.63, 3.8) is 0 Å². The maximum Gasteiger partial charge on any atom is 0.147 e. The van der Waals surface area contributed by atoms with E-state index in [0.29, 0.717) is 6.04 Å². The number of hydrogen-bond acceptors (Lipinski definition) is 3. The average molecular weight is 207 g/mol. The standard InChI is InChI=1S/C12H21N3/c1-5-10(4)15(7-3)12-9-13-11(6-2)8-14-12/h8-10H,5-7H2,1-4H3. The molecule has 15 heavy (non-hydrogen) atoms. The Morgan fingerprint density at radius 2 is 1.93 bits per heavy atom. The highest BCUT2D eigenvalue weighted by Gasteiger charge is 2.11. The van der Waals surface area contributed by atoms with E-state index in [9.17, 15) is 0 Å². The van der Waals surface area contributed by atoms with Crippen LogP contribution in [0.25, 0.3) is 0 Å². The van der Waals surface area contributed by atoms with Crippen LogP contribution in [0.2, 0.25) is 0 Å². The molecule has 1 aromatic heterocycles. The Kier molecular flexibility index (Phi) is 4.53. The van der Waals surface area contributed by atoms with Crippen LogP contribution in [0.3, 0.4) is 0 Å². The first-order valence-corrected chi connectivity index (χ1v) is 5.80. The molecule has 1 atom stereocenters. The van der Waals surface area contributed by atoms with Crippen molar-refractivity contribution < 1.29 is 0 Å². The van der Waals surface area contributed by atoms with Gasteiger partial charge in [0.15, 0.2) is 0 Å². The van der Waals surface area contributed by atoms with Gasteiger partial charge in [-0.3, -0.25) is 4.98 Å². The van der Waals surface area contributed by atoms with Crippen LogP contribution < -0.4 is 4.90 Å². The molecule has 1 aromatic rings. The fraction of sp³-hybridized carbons (Fsp3) is 0.667. The minimum atomic E-state index is 0.525. The van der Waals surface area contributed by atoms with Crippen LogP contribution in [-0.4, -0.2) is 22.6 Å². The van der Waals surface area contributed by atoms with E-state index in [1.165, 1.54) is 0 Å². The number of aryl methyl sites for hydroxylation is 1. The summed E-state index contributed by atoms with van der Waals surface area (Å²) in [5.41, 5.74) is 1.05. The monoisotopic (exact) mass is 207 g/mol. The van der Waals surface area contributed by atoms with Crippen molar-refractivity contribution >= 4 is 5.82 Å². The largest absolute Gasteiger partial charge is 0.353 e. The predicted octanol–water partition coefficient (Wildman–Crippen LogP) is 2.66. The summed E-state index contributed by atoms with van der Waals surface area (Å²) in [5, 5.41) is 0. The maximum atomic E-state index is 4.45. The Balaban J connectivity index is 2.83. The van der Waals surface area contributed by atoms with Crippen LogP contribution in [0.15, 0.2) is 12.4 Å². The first-order valence-electron chi connectivity index (χ1n) is 5.80. The van der Waals surface area contributed by atoms with Crippen molar-refractivity contribution in [2.24, 2.45) is 0 Å². The Bertz CT molecular complexity index is 281. The highest BCUT2D eigenvalue weighted by atomic mass is 15.2. The molecular weight excluding hydrogens is 186 g/mol. The predicted molar refractivity (Wildman–Crippen MR) is 64.2 cm³/mol. The number of anilines is 1. The van der Waals surface area contributed by atoms with Crippen molar-refractivity contribution in [2.75, 3.05) is 11.4 Å². The molecule has 0 radical (unpaired) electrons. The number of hydrogen-bond donors (Lipinski definition) is 0. The van der Waals surface area contributed by atoms with Crippen LogP contribution in [-0.2, 0) is 6.42 Å². The average Bonchev–Trinajstić information content (AvgIpc) is 2.30. The van der Waals surface area contributed by atoms with Crippen molar-refractivity contribution in [3.05, 3.63) is 18.1 Å². The zero-order valence-corrected chi connectivity index (χ0v) is 10.2. The van der Waals surface area contributed by atoms with Crippen molar-refractivity contribution in [1.29, 1.82) is 0 Å². The van der Waals surface area contributed by atoms with E-state index in [0.717, 1.165) is 30.9 Å². The molecule has 3 heteroatoms. The third-order valence-corrected chi connectivity index (χ3v) is 2.81. The Morgan fingerprint density at radius 1 is 1.20 bits per heavy atom. The smallest absolute Gasteiger partial charge is 0.147 e. The molecule has 0 aliphatic heterocycles. The van der Waals surface area contributed by atoms with Crippen LogP contribution >= 0.6 is 0 Å². The minimum Gasteiger partial charge on any atom is -0.353 e. The van der Waals surface area contributed by atoms with E-state index in [2.05, 4.69) is 42.6 Å². The Labute approximate surface area is 92.6 Å². The van der Waals surface area contributed by atoms with Gasteiger partial charge >= 0.3 is 0 Å². The second kappa shape index (κ2) is 5.69. The summed E-state index contributed by atoms with van der Waals surface area (Å²) < 4.78 is 0. The molecule has 1 rings (SSSR count). The summed E-state index contributed by atoms with van der Waals surface area (Å²) in [7, 11) is 0. The van der Waals surface area contributed by atoms with E-state index < -0.39 is 0 Å². The number of rotatable bonds is 5. The molecule has 0 bridgehead atoms. The lowest BCUT2D eigenvalue weighted by atomic mass is 10.2. The fourth-order valence-electron chi connectivity index (χ4n) is 1.60. The van der Waals surface area contributed by atoms with Gasteiger partial charge in [-0.15, -0.1) is 0 Å². The van der Waals surface area contributed by atoms with Crippen molar-refractivity contribution in [3.8, 4) is 0 Å². The molecule has 1 heterocycles. The van der Waals surface area contributed by atoms with Crippen LogP contribution in [0.5, 0.6) is 0 Å². The lowest BCUT2D eigenvalue weighted by Crippen LogP contribution is -2.33. The summed E-state index contributed by atoms with van der Waals surface area (Å²) in [6.45, 7) is 9.65. The lowest BCUT2D eigenvalue weighted by Gasteiger charge is -2.27. The second-order valence-corrected chi connectivity index (χ2v) is 3.76. The van der Waals surface area contributed by atoms with Gasteiger partial charge in [0, 0.05) is 12.6 Å². The maximum absolute atomic E-state index is 4.45. The first kappa shape index (κ1) is 12.0. The van der Waals surface area contributed by atoms with Gasteiger partial charge < -0.3 is 4.90 Å². The molecule has 0 fully saturated rings. The Morgan fingerprint density at radius 3 is 2.33 bits per heavy atom. The summed E-state index contributed by atoms with van der Waals surface area (Å²) in [6.07, 6.45) is 5.84. The molecule has 0 aliphatic rings.